The third-order valence-electron chi connectivity index (χ3n) is 2.14. The van der Waals surface area contributed by atoms with Gasteiger partial charge in [-0.1, -0.05) is 0 Å². The van der Waals surface area contributed by atoms with E-state index in [9.17, 15) is 9.59 Å². The molecule has 0 atom stereocenters. The smallest absolute Gasteiger partial charge is 0.391 e. The third-order valence-corrected chi connectivity index (χ3v) is 2.72. The van der Waals surface area contributed by atoms with Crippen molar-refractivity contribution in [2.75, 3.05) is 34.4 Å². The van der Waals surface area contributed by atoms with E-state index in [4.69, 9.17) is 4.74 Å². The summed E-state index contributed by atoms with van der Waals surface area (Å²) in [5.74, 6) is 0.765. The summed E-state index contributed by atoms with van der Waals surface area (Å²) in [6, 6.07) is 1.23. The number of hydrogen-bond acceptors (Lipinski definition) is 5. The lowest BCUT2D eigenvalue weighted by Gasteiger charge is -2.13. The SMILES string of the molecule is CSCc1cc(OC(=O)N(C)C)n(C(=O)N(C)C)n1. The van der Waals surface area contributed by atoms with E-state index in [1.54, 1.807) is 46.0 Å². The summed E-state index contributed by atoms with van der Waals surface area (Å²) >= 11 is 1.57. The minimum Gasteiger partial charge on any atom is -0.391 e. The Bertz CT molecular complexity index is 471. The summed E-state index contributed by atoms with van der Waals surface area (Å²) in [6.45, 7) is 0. The fourth-order valence-corrected chi connectivity index (χ4v) is 1.65. The van der Waals surface area contributed by atoms with Crippen LogP contribution >= 0.6 is 11.8 Å². The lowest BCUT2D eigenvalue weighted by Crippen LogP contribution is -2.31. The summed E-state index contributed by atoms with van der Waals surface area (Å²) in [4.78, 5) is 26.2. The van der Waals surface area contributed by atoms with Gasteiger partial charge < -0.3 is 14.5 Å². The van der Waals surface area contributed by atoms with Crippen molar-refractivity contribution in [3.8, 4) is 5.88 Å². The van der Waals surface area contributed by atoms with Gasteiger partial charge in [0.05, 0.1) is 5.69 Å². The number of nitrogens with zero attached hydrogens (tertiary/aromatic N) is 4. The average Bonchev–Trinajstić information content (AvgIpc) is 2.71. The highest BCUT2D eigenvalue weighted by Gasteiger charge is 2.20. The molecule has 1 aromatic rings. The molecule has 19 heavy (non-hydrogen) atoms. The number of rotatable bonds is 3. The van der Waals surface area contributed by atoms with Gasteiger partial charge in [0, 0.05) is 40.0 Å². The van der Waals surface area contributed by atoms with Crippen molar-refractivity contribution in [3.63, 3.8) is 0 Å². The molecule has 1 aromatic heterocycles. The molecule has 2 amide bonds. The highest BCUT2D eigenvalue weighted by atomic mass is 32.2. The van der Waals surface area contributed by atoms with Gasteiger partial charge in [-0.05, 0) is 6.26 Å². The molecule has 0 spiro atoms. The second-order valence-corrected chi connectivity index (χ2v) is 5.12. The average molecular weight is 286 g/mol. The third kappa shape index (κ3) is 3.88. The number of carbonyl (C=O) groups excluding carboxylic acids is 2. The van der Waals surface area contributed by atoms with Crippen LogP contribution in [0.2, 0.25) is 0 Å². The molecule has 7 nitrogen and oxygen atoms in total. The number of ether oxygens (including phenoxy) is 1. The van der Waals surface area contributed by atoms with E-state index in [-0.39, 0.29) is 11.9 Å². The van der Waals surface area contributed by atoms with Crippen LogP contribution in [0.5, 0.6) is 5.88 Å². The van der Waals surface area contributed by atoms with E-state index < -0.39 is 6.09 Å². The van der Waals surface area contributed by atoms with Crippen LogP contribution in [0.25, 0.3) is 0 Å². The number of thioether (sulfide) groups is 1. The number of carbonyl (C=O) groups is 2. The van der Waals surface area contributed by atoms with Crippen molar-refractivity contribution in [2.24, 2.45) is 0 Å². The molecule has 0 aliphatic heterocycles. The summed E-state index contributed by atoms with van der Waals surface area (Å²) in [5, 5.41) is 4.14. The lowest BCUT2D eigenvalue weighted by molar-refractivity contribution is 0.166. The highest BCUT2D eigenvalue weighted by molar-refractivity contribution is 7.97. The van der Waals surface area contributed by atoms with Gasteiger partial charge in [0.15, 0.2) is 0 Å². The van der Waals surface area contributed by atoms with Gasteiger partial charge >= 0.3 is 12.1 Å². The van der Waals surface area contributed by atoms with Crippen molar-refractivity contribution < 1.29 is 14.3 Å². The van der Waals surface area contributed by atoms with Crippen LogP contribution in [0.4, 0.5) is 9.59 Å². The van der Waals surface area contributed by atoms with Crippen LogP contribution in [-0.4, -0.2) is 66.2 Å². The maximum atomic E-state index is 11.9. The lowest BCUT2D eigenvalue weighted by atomic mass is 10.5. The van der Waals surface area contributed by atoms with Crippen molar-refractivity contribution >= 4 is 23.9 Å². The Balaban J connectivity index is 3.05. The molecule has 0 bridgehead atoms. The predicted octanol–water partition coefficient (Wildman–Crippen LogP) is 1.34. The fraction of sp³-hybridized carbons (Fsp3) is 0.545. The first-order chi connectivity index (χ1) is 8.86. The molecule has 0 N–H and O–H groups in total. The molecule has 0 aliphatic carbocycles. The molecule has 0 radical (unpaired) electrons. The Labute approximate surface area is 116 Å². The zero-order valence-corrected chi connectivity index (χ0v) is 12.5. The minimum atomic E-state index is -0.552. The largest absolute Gasteiger partial charge is 0.416 e. The number of aromatic nitrogens is 2. The van der Waals surface area contributed by atoms with Crippen LogP contribution in [0.1, 0.15) is 5.69 Å². The first-order valence-corrected chi connectivity index (χ1v) is 6.95. The normalized spacial score (nSPS) is 10.2. The topological polar surface area (TPSA) is 67.7 Å². The van der Waals surface area contributed by atoms with E-state index in [0.717, 1.165) is 4.68 Å². The minimum absolute atomic E-state index is 0.126. The van der Waals surface area contributed by atoms with Crippen molar-refractivity contribution in [1.29, 1.82) is 0 Å². The zero-order valence-electron chi connectivity index (χ0n) is 11.7. The fourth-order valence-electron chi connectivity index (χ4n) is 1.21. The molecule has 0 saturated carbocycles. The Morgan fingerprint density at radius 3 is 2.42 bits per heavy atom. The second kappa shape index (κ2) is 6.46. The van der Waals surface area contributed by atoms with Gasteiger partial charge in [-0.15, -0.1) is 4.68 Å². The van der Waals surface area contributed by atoms with Gasteiger partial charge in [0.1, 0.15) is 0 Å². The van der Waals surface area contributed by atoms with E-state index in [2.05, 4.69) is 5.10 Å². The number of hydrogen-bond donors (Lipinski definition) is 0. The summed E-state index contributed by atoms with van der Waals surface area (Å²) in [7, 11) is 6.35. The molecule has 1 heterocycles. The molecule has 106 valence electrons. The van der Waals surface area contributed by atoms with E-state index in [1.807, 2.05) is 6.26 Å². The van der Waals surface area contributed by atoms with Gasteiger partial charge in [0.25, 0.3) is 0 Å². The maximum absolute atomic E-state index is 11.9. The summed E-state index contributed by atoms with van der Waals surface area (Å²) in [5.41, 5.74) is 0.684. The van der Waals surface area contributed by atoms with Gasteiger partial charge in [-0.25, -0.2) is 9.59 Å². The Kier molecular flexibility index (Phi) is 5.22. The summed E-state index contributed by atoms with van der Waals surface area (Å²) < 4.78 is 6.23. The molecular weight excluding hydrogens is 268 g/mol. The van der Waals surface area contributed by atoms with E-state index >= 15 is 0 Å². The second-order valence-electron chi connectivity index (χ2n) is 4.26. The molecular formula is C11H18N4O3S. The van der Waals surface area contributed by atoms with Gasteiger partial charge in [-0.2, -0.15) is 16.9 Å². The van der Waals surface area contributed by atoms with Crippen LogP contribution in [0.3, 0.4) is 0 Å². The van der Waals surface area contributed by atoms with Crippen LogP contribution in [0, 0.1) is 0 Å². The van der Waals surface area contributed by atoms with Crippen LogP contribution < -0.4 is 4.74 Å². The zero-order chi connectivity index (χ0) is 14.6. The predicted molar refractivity (Wildman–Crippen MR) is 73.6 cm³/mol. The first-order valence-electron chi connectivity index (χ1n) is 5.55. The van der Waals surface area contributed by atoms with Crippen molar-refractivity contribution in [2.45, 2.75) is 5.75 Å². The van der Waals surface area contributed by atoms with Gasteiger partial charge in [-0.3, -0.25) is 0 Å². The molecule has 0 unspecified atom stereocenters. The molecule has 0 aromatic carbocycles. The molecule has 0 fully saturated rings. The van der Waals surface area contributed by atoms with Crippen molar-refractivity contribution in [3.05, 3.63) is 11.8 Å². The highest BCUT2D eigenvalue weighted by Crippen LogP contribution is 2.18. The molecule has 0 saturated heterocycles. The standard InChI is InChI=1S/C11H18N4O3S/c1-13(2)10(16)15-9(18-11(17)14(3)4)6-8(12-15)7-19-5/h6H,7H2,1-5H3. The maximum Gasteiger partial charge on any atom is 0.416 e. The van der Waals surface area contributed by atoms with Crippen molar-refractivity contribution in [1.82, 2.24) is 19.6 Å². The van der Waals surface area contributed by atoms with Crippen LogP contribution in [-0.2, 0) is 5.75 Å². The Hall–Kier alpha value is -1.70. The quantitative estimate of drug-likeness (QED) is 0.838. The van der Waals surface area contributed by atoms with E-state index in [0.29, 0.717) is 11.4 Å². The number of amides is 2. The Morgan fingerprint density at radius 2 is 1.95 bits per heavy atom. The first kappa shape index (κ1) is 15.4. The van der Waals surface area contributed by atoms with Gasteiger partial charge in [0.2, 0.25) is 5.88 Å². The molecule has 1 rings (SSSR count). The Morgan fingerprint density at radius 1 is 1.32 bits per heavy atom. The monoisotopic (exact) mass is 286 g/mol. The van der Waals surface area contributed by atoms with E-state index in [1.165, 1.54) is 9.80 Å². The summed E-state index contributed by atoms with van der Waals surface area (Å²) in [6.07, 6.45) is 1.38. The molecule has 8 heteroatoms. The molecule has 0 aliphatic rings. The van der Waals surface area contributed by atoms with Crippen LogP contribution in [0.15, 0.2) is 6.07 Å².